The van der Waals surface area contributed by atoms with Gasteiger partial charge in [-0.25, -0.2) is 0 Å². The van der Waals surface area contributed by atoms with Crippen LogP contribution >= 0.6 is 0 Å². The third-order valence-corrected chi connectivity index (χ3v) is 0.977. The third kappa shape index (κ3) is 2.68. The van der Waals surface area contributed by atoms with Crippen molar-refractivity contribution >= 4 is 11.8 Å². The summed E-state index contributed by atoms with van der Waals surface area (Å²) in [6.45, 7) is 1.15. The third-order valence-electron chi connectivity index (χ3n) is 0.977. The topological polar surface area (TPSA) is 92.1 Å². The summed E-state index contributed by atoms with van der Waals surface area (Å²) in [5, 5.41) is 2.95. The molecule has 0 aromatic heterocycles. The normalized spacial score (nSPS) is 11.1. The average Bonchev–Trinajstić information content (AvgIpc) is 1.98. The van der Waals surface area contributed by atoms with Gasteiger partial charge in [0, 0.05) is 4.91 Å². The second kappa shape index (κ2) is 4.29. The van der Waals surface area contributed by atoms with Gasteiger partial charge in [-0.3, -0.25) is 9.59 Å². The molecule has 0 spiro atoms. The van der Waals surface area contributed by atoms with E-state index in [1.165, 1.54) is 0 Å². The van der Waals surface area contributed by atoms with Crippen molar-refractivity contribution in [2.45, 2.75) is 13.0 Å². The Morgan fingerprint density at radius 2 is 2.18 bits per heavy atom. The second-order valence-electron chi connectivity index (χ2n) is 1.74. The molecule has 0 bridgehead atoms. The van der Waals surface area contributed by atoms with E-state index in [9.17, 15) is 9.59 Å². The number of nitrogens with zero attached hydrogens (tertiary/aromatic N) is 3. The minimum atomic E-state index is -1.34. The first-order valence-corrected chi connectivity index (χ1v) is 2.76. The van der Waals surface area contributed by atoms with Crippen LogP contribution in [0.15, 0.2) is 5.11 Å². The Kier molecular flexibility index (Phi) is 3.69. The number of hydrogen-bond acceptors (Lipinski definition) is 4. The zero-order valence-corrected chi connectivity index (χ0v) is 6.14. The van der Waals surface area contributed by atoms with E-state index in [4.69, 9.17) is 5.53 Å². The van der Waals surface area contributed by atoms with Gasteiger partial charge in [0.05, 0.1) is 7.11 Å². The fourth-order valence-electron chi connectivity index (χ4n) is 0.458. The number of methoxy groups -OCH3 is 1. The molecule has 6 nitrogen and oxygen atoms in total. The lowest BCUT2D eigenvalue weighted by molar-refractivity contribution is -0.144. The SMILES string of the molecule is COC(=O)C(N=[N+]=[N-])C(C)=O. The van der Waals surface area contributed by atoms with Crippen molar-refractivity contribution in [2.75, 3.05) is 7.11 Å². The monoisotopic (exact) mass is 157 g/mol. The van der Waals surface area contributed by atoms with Gasteiger partial charge in [0.25, 0.3) is 0 Å². The predicted octanol–water partition coefficient (Wildman–Crippen LogP) is 0.427. The van der Waals surface area contributed by atoms with Gasteiger partial charge in [0.1, 0.15) is 5.78 Å². The molecular weight excluding hydrogens is 150 g/mol. The molecule has 0 saturated carbocycles. The average molecular weight is 157 g/mol. The van der Waals surface area contributed by atoms with Gasteiger partial charge < -0.3 is 4.74 Å². The maximum atomic E-state index is 10.6. The van der Waals surface area contributed by atoms with Gasteiger partial charge >= 0.3 is 5.97 Å². The molecule has 0 amide bonds. The van der Waals surface area contributed by atoms with E-state index in [1.54, 1.807) is 0 Å². The first-order valence-electron chi connectivity index (χ1n) is 2.76. The minimum absolute atomic E-state index is 0.533. The van der Waals surface area contributed by atoms with Crippen LogP contribution in [0.1, 0.15) is 6.92 Å². The Bertz CT molecular complexity index is 217. The molecule has 60 valence electrons. The summed E-state index contributed by atoms with van der Waals surface area (Å²) in [7, 11) is 1.12. The molecule has 1 unspecified atom stereocenters. The molecule has 0 radical (unpaired) electrons. The number of esters is 1. The lowest BCUT2D eigenvalue weighted by atomic mass is 10.2. The van der Waals surface area contributed by atoms with Crippen LogP contribution in [0.3, 0.4) is 0 Å². The van der Waals surface area contributed by atoms with Crippen molar-refractivity contribution < 1.29 is 14.3 Å². The van der Waals surface area contributed by atoms with E-state index in [0.717, 1.165) is 14.0 Å². The van der Waals surface area contributed by atoms with Gasteiger partial charge in [-0.2, -0.15) is 0 Å². The smallest absolute Gasteiger partial charge is 0.322 e. The molecule has 1 atom stereocenters. The number of carbonyl (C=O) groups excluding carboxylic acids is 2. The van der Waals surface area contributed by atoms with E-state index < -0.39 is 17.8 Å². The Morgan fingerprint density at radius 1 is 1.64 bits per heavy atom. The number of rotatable bonds is 3. The maximum absolute atomic E-state index is 10.6. The van der Waals surface area contributed by atoms with E-state index in [-0.39, 0.29) is 0 Å². The lowest BCUT2D eigenvalue weighted by Crippen LogP contribution is -2.26. The quantitative estimate of drug-likeness (QED) is 0.195. The zero-order chi connectivity index (χ0) is 8.85. The molecule has 0 rings (SSSR count). The first-order chi connectivity index (χ1) is 5.13. The fraction of sp³-hybridized carbons (Fsp3) is 0.600. The van der Waals surface area contributed by atoms with Gasteiger partial charge in [0.15, 0.2) is 6.04 Å². The Labute approximate surface area is 62.8 Å². The number of azide groups is 1. The summed E-state index contributed by atoms with van der Waals surface area (Å²) < 4.78 is 4.20. The number of ether oxygens (including phenoxy) is 1. The van der Waals surface area contributed by atoms with Crippen LogP contribution in [0.25, 0.3) is 10.4 Å². The Hall–Kier alpha value is -1.55. The van der Waals surface area contributed by atoms with Crippen LogP contribution in [-0.4, -0.2) is 24.9 Å². The highest BCUT2D eigenvalue weighted by Crippen LogP contribution is 1.95. The summed E-state index contributed by atoms with van der Waals surface area (Å²) in [6.07, 6.45) is 0. The van der Waals surface area contributed by atoms with Gasteiger partial charge in [-0.15, -0.1) is 0 Å². The predicted molar refractivity (Wildman–Crippen MR) is 35.6 cm³/mol. The molecule has 0 aliphatic rings. The highest BCUT2D eigenvalue weighted by atomic mass is 16.5. The van der Waals surface area contributed by atoms with E-state index in [2.05, 4.69) is 14.8 Å². The van der Waals surface area contributed by atoms with Crippen molar-refractivity contribution in [3.63, 3.8) is 0 Å². The molecule has 0 aromatic rings. The van der Waals surface area contributed by atoms with Gasteiger partial charge in [0.2, 0.25) is 0 Å². The molecule has 0 N–H and O–H groups in total. The van der Waals surface area contributed by atoms with Crippen LogP contribution in [0, 0.1) is 0 Å². The maximum Gasteiger partial charge on any atom is 0.322 e. The highest BCUT2D eigenvalue weighted by molar-refractivity contribution is 6.02. The van der Waals surface area contributed by atoms with Crippen molar-refractivity contribution in [3.05, 3.63) is 10.4 Å². The summed E-state index contributed by atoms with van der Waals surface area (Å²) in [5.41, 5.74) is 7.93. The lowest BCUT2D eigenvalue weighted by Gasteiger charge is -2.02. The Morgan fingerprint density at radius 3 is 2.45 bits per heavy atom. The van der Waals surface area contributed by atoms with Crippen LogP contribution in [0.2, 0.25) is 0 Å². The van der Waals surface area contributed by atoms with Crippen molar-refractivity contribution in [2.24, 2.45) is 5.11 Å². The van der Waals surface area contributed by atoms with Crippen LogP contribution in [0.5, 0.6) is 0 Å². The molecule has 11 heavy (non-hydrogen) atoms. The standard InChI is InChI=1S/C5H7N3O3/c1-3(9)4(7-8-6)5(10)11-2/h4H,1-2H3. The molecule has 0 aliphatic carbocycles. The summed E-state index contributed by atoms with van der Waals surface area (Å²) in [4.78, 5) is 23.5. The number of ketones is 1. The van der Waals surface area contributed by atoms with Gasteiger partial charge in [-0.05, 0) is 12.5 Å². The largest absolute Gasteiger partial charge is 0.468 e. The fourth-order valence-corrected chi connectivity index (χ4v) is 0.458. The van der Waals surface area contributed by atoms with E-state index in [1.807, 2.05) is 0 Å². The van der Waals surface area contributed by atoms with Crippen molar-refractivity contribution in [3.8, 4) is 0 Å². The number of carbonyl (C=O) groups is 2. The van der Waals surface area contributed by atoms with E-state index in [0.29, 0.717) is 0 Å². The van der Waals surface area contributed by atoms with E-state index >= 15 is 0 Å². The second-order valence-corrected chi connectivity index (χ2v) is 1.74. The first kappa shape index (κ1) is 9.45. The zero-order valence-electron chi connectivity index (χ0n) is 6.14. The minimum Gasteiger partial charge on any atom is -0.468 e. The summed E-state index contributed by atoms with van der Waals surface area (Å²) in [5.74, 6) is -1.37. The summed E-state index contributed by atoms with van der Waals surface area (Å²) in [6, 6.07) is -1.34. The van der Waals surface area contributed by atoms with Crippen molar-refractivity contribution in [1.29, 1.82) is 0 Å². The molecule has 0 saturated heterocycles. The van der Waals surface area contributed by atoms with Crippen LogP contribution < -0.4 is 0 Å². The molecule has 0 aliphatic heterocycles. The molecular formula is C5H7N3O3. The van der Waals surface area contributed by atoms with Crippen molar-refractivity contribution in [1.82, 2.24) is 0 Å². The highest BCUT2D eigenvalue weighted by Gasteiger charge is 2.21. The molecule has 0 heterocycles. The number of hydrogen-bond donors (Lipinski definition) is 0. The number of Topliss-reactive ketones (excluding diaryl/α,β-unsaturated/α-hetero) is 1. The van der Waals surface area contributed by atoms with Crippen LogP contribution in [0.4, 0.5) is 0 Å². The van der Waals surface area contributed by atoms with Crippen LogP contribution in [-0.2, 0) is 14.3 Å². The van der Waals surface area contributed by atoms with Gasteiger partial charge in [-0.1, -0.05) is 5.11 Å². The Balaban J connectivity index is 4.46. The molecule has 0 aromatic carbocycles. The molecule has 0 fully saturated rings. The molecule has 6 heteroatoms. The summed E-state index contributed by atoms with van der Waals surface area (Å²) >= 11 is 0.